The van der Waals surface area contributed by atoms with Gasteiger partial charge >= 0.3 is 0 Å². The maximum atomic E-state index is 13.8. The number of ether oxygens (including phenoxy) is 2. The van der Waals surface area contributed by atoms with E-state index in [9.17, 15) is 17.6 Å². The van der Waals surface area contributed by atoms with Gasteiger partial charge in [0.2, 0.25) is 0 Å². The molecule has 1 saturated heterocycles. The first-order chi connectivity index (χ1) is 12.5. The minimum Gasteiger partial charge on any atom is -0.352 e. The van der Waals surface area contributed by atoms with Crippen LogP contribution < -0.4 is 0 Å². The first kappa shape index (κ1) is 19.6. The Morgan fingerprint density at radius 1 is 1.00 bits per heavy atom. The number of rotatable bonds is 5. The Morgan fingerprint density at radius 2 is 1.58 bits per heavy atom. The van der Waals surface area contributed by atoms with Crippen molar-refractivity contribution in [2.24, 2.45) is 11.8 Å². The molecule has 26 heavy (non-hydrogen) atoms. The van der Waals surface area contributed by atoms with Crippen LogP contribution in [0, 0.1) is 23.5 Å². The summed E-state index contributed by atoms with van der Waals surface area (Å²) >= 11 is 0. The summed E-state index contributed by atoms with van der Waals surface area (Å²) in [6.45, 7) is 3.60. The van der Waals surface area contributed by atoms with Crippen LogP contribution >= 0.6 is 0 Å². The van der Waals surface area contributed by atoms with E-state index in [1.807, 2.05) is 0 Å². The molecule has 0 unspecified atom stereocenters. The summed E-state index contributed by atoms with van der Waals surface area (Å²) in [5.74, 6) is -1.58. The highest BCUT2D eigenvalue weighted by molar-refractivity contribution is 5.29. The van der Waals surface area contributed by atoms with Crippen molar-refractivity contribution in [3.8, 4) is 0 Å². The minimum atomic E-state index is -3.14. The zero-order chi connectivity index (χ0) is 18.7. The summed E-state index contributed by atoms with van der Waals surface area (Å²) in [4.78, 5) is 0. The second-order valence-electron chi connectivity index (χ2n) is 7.50. The van der Waals surface area contributed by atoms with Crippen molar-refractivity contribution in [3.05, 3.63) is 34.9 Å². The molecular formula is C20H26F4O2. The Morgan fingerprint density at radius 3 is 2.08 bits per heavy atom. The van der Waals surface area contributed by atoms with Crippen LogP contribution in [0.1, 0.15) is 68.9 Å². The van der Waals surface area contributed by atoms with Gasteiger partial charge in [-0.05, 0) is 55.7 Å². The normalized spacial score (nSPS) is 29.9. The number of hydrogen-bond acceptors (Lipinski definition) is 2. The van der Waals surface area contributed by atoms with Crippen LogP contribution in [0.25, 0.3) is 0 Å². The lowest BCUT2D eigenvalue weighted by molar-refractivity contribution is -0.229. The third kappa shape index (κ3) is 4.39. The van der Waals surface area contributed by atoms with Crippen molar-refractivity contribution in [1.82, 2.24) is 0 Å². The monoisotopic (exact) mass is 374 g/mol. The maximum Gasteiger partial charge on any atom is 0.269 e. The van der Waals surface area contributed by atoms with E-state index >= 15 is 0 Å². The summed E-state index contributed by atoms with van der Waals surface area (Å²) in [5, 5.41) is 0. The molecule has 0 atom stereocenters. The molecule has 0 aromatic heterocycles. The van der Waals surface area contributed by atoms with Crippen LogP contribution in [0.2, 0.25) is 0 Å². The van der Waals surface area contributed by atoms with E-state index in [1.54, 1.807) is 0 Å². The largest absolute Gasteiger partial charge is 0.352 e. The molecule has 6 heteroatoms. The lowest BCUT2D eigenvalue weighted by Crippen LogP contribution is -2.38. The highest BCUT2D eigenvalue weighted by atomic mass is 19.3. The molecule has 2 aliphatic rings. The number of halogens is 4. The molecule has 146 valence electrons. The molecule has 1 heterocycles. The third-order valence-corrected chi connectivity index (χ3v) is 5.64. The molecule has 1 aliphatic carbocycles. The van der Waals surface area contributed by atoms with Gasteiger partial charge in [-0.15, -0.1) is 0 Å². The van der Waals surface area contributed by atoms with E-state index in [1.165, 1.54) is 0 Å². The molecule has 0 bridgehead atoms. The summed E-state index contributed by atoms with van der Waals surface area (Å²) in [7, 11) is 0. The standard InChI is InChI=1S/C20H26F4O2/c1-2-3-12-10-25-20(26-11-12)14-6-4-13(5-7-14)15-8-16(21)18(19(23)24)17(22)9-15/h8-9,12-14,19-20H,2-7,10-11H2,1H3. The van der Waals surface area contributed by atoms with Crippen LogP contribution in [0.4, 0.5) is 17.6 Å². The first-order valence-electron chi connectivity index (χ1n) is 9.49. The van der Waals surface area contributed by atoms with Gasteiger partial charge in [0.15, 0.2) is 6.29 Å². The van der Waals surface area contributed by atoms with Crippen molar-refractivity contribution >= 4 is 0 Å². The van der Waals surface area contributed by atoms with Crippen LogP contribution in [0.3, 0.4) is 0 Å². The fourth-order valence-electron chi connectivity index (χ4n) is 4.18. The Bertz CT molecular complexity index is 568. The summed E-state index contributed by atoms with van der Waals surface area (Å²) in [6.07, 6.45) is 2.06. The van der Waals surface area contributed by atoms with Crippen molar-refractivity contribution < 1.29 is 27.0 Å². The van der Waals surface area contributed by atoms with Crippen LogP contribution in [-0.4, -0.2) is 19.5 Å². The predicted octanol–water partition coefficient (Wildman–Crippen LogP) is 5.97. The minimum absolute atomic E-state index is 0.0154. The molecule has 1 aromatic rings. The molecule has 1 saturated carbocycles. The first-order valence-corrected chi connectivity index (χ1v) is 9.49. The highest BCUT2D eigenvalue weighted by Gasteiger charge is 2.33. The zero-order valence-corrected chi connectivity index (χ0v) is 15.0. The van der Waals surface area contributed by atoms with E-state index in [0.29, 0.717) is 11.5 Å². The van der Waals surface area contributed by atoms with E-state index < -0.39 is 23.6 Å². The Labute approximate surface area is 151 Å². The van der Waals surface area contributed by atoms with Gasteiger partial charge in [-0.2, -0.15) is 0 Å². The third-order valence-electron chi connectivity index (χ3n) is 5.64. The van der Waals surface area contributed by atoms with Gasteiger partial charge in [0, 0.05) is 11.8 Å². The van der Waals surface area contributed by atoms with Crippen molar-refractivity contribution in [2.75, 3.05) is 13.2 Å². The lowest BCUT2D eigenvalue weighted by atomic mass is 9.78. The van der Waals surface area contributed by atoms with E-state index in [0.717, 1.165) is 63.9 Å². The van der Waals surface area contributed by atoms with E-state index in [2.05, 4.69) is 6.92 Å². The molecule has 0 amide bonds. The molecule has 0 spiro atoms. The second-order valence-corrected chi connectivity index (χ2v) is 7.50. The molecule has 2 nitrogen and oxygen atoms in total. The fraction of sp³-hybridized carbons (Fsp3) is 0.700. The average molecular weight is 374 g/mol. The van der Waals surface area contributed by atoms with Crippen molar-refractivity contribution in [3.63, 3.8) is 0 Å². The SMILES string of the molecule is CCCC1COC(C2CCC(c3cc(F)c(C(F)F)c(F)c3)CC2)OC1. The Kier molecular flexibility index (Phi) is 6.56. The van der Waals surface area contributed by atoms with Crippen LogP contribution in [0.5, 0.6) is 0 Å². The smallest absolute Gasteiger partial charge is 0.269 e. The van der Waals surface area contributed by atoms with E-state index in [-0.39, 0.29) is 18.1 Å². The van der Waals surface area contributed by atoms with Crippen molar-refractivity contribution in [1.29, 1.82) is 0 Å². The molecule has 1 aromatic carbocycles. The number of hydrogen-bond donors (Lipinski definition) is 0. The molecule has 0 N–H and O–H groups in total. The van der Waals surface area contributed by atoms with Crippen molar-refractivity contribution in [2.45, 2.75) is 64.1 Å². The van der Waals surface area contributed by atoms with Gasteiger partial charge in [0.25, 0.3) is 6.43 Å². The topological polar surface area (TPSA) is 18.5 Å². The highest BCUT2D eigenvalue weighted by Crippen LogP contribution is 2.40. The molecule has 1 aliphatic heterocycles. The molecule has 0 radical (unpaired) electrons. The van der Waals surface area contributed by atoms with Gasteiger partial charge in [0.05, 0.1) is 18.8 Å². The van der Waals surface area contributed by atoms with Crippen LogP contribution in [-0.2, 0) is 9.47 Å². The van der Waals surface area contributed by atoms with E-state index in [4.69, 9.17) is 9.47 Å². The molecular weight excluding hydrogens is 348 g/mol. The molecule has 2 fully saturated rings. The van der Waals surface area contributed by atoms with Gasteiger partial charge in [-0.25, -0.2) is 17.6 Å². The number of benzene rings is 1. The van der Waals surface area contributed by atoms with Gasteiger partial charge in [-0.3, -0.25) is 0 Å². The average Bonchev–Trinajstić information content (AvgIpc) is 2.62. The number of alkyl halides is 2. The lowest BCUT2D eigenvalue weighted by Gasteiger charge is -2.37. The molecule has 3 rings (SSSR count). The Hall–Kier alpha value is -1.14. The maximum absolute atomic E-state index is 13.8. The van der Waals surface area contributed by atoms with Crippen LogP contribution in [0.15, 0.2) is 12.1 Å². The Balaban J connectivity index is 1.56. The van der Waals surface area contributed by atoms with Gasteiger partial charge < -0.3 is 9.47 Å². The predicted molar refractivity (Wildman–Crippen MR) is 90.1 cm³/mol. The fourth-order valence-corrected chi connectivity index (χ4v) is 4.18. The summed E-state index contributed by atoms with van der Waals surface area (Å²) in [5.41, 5.74) is -0.663. The quantitative estimate of drug-likeness (QED) is 0.592. The zero-order valence-electron chi connectivity index (χ0n) is 15.0. The second kappa shape index (κ2) is 8.70. The van der Waals surface area contributed by atoms with Gasteiger partial charge in [0.1, 0.15) is 11.6 Å². The van der Waals surface area contributed by atoms with Gasteiger partial charge in [-0.1, -0.05) is 13.3 Å². The summed E-state index contributed by atoms with van der Waals surface area (Å²) < 4.78 is 64.8. The summed E-state index contributed by atoms with van der Waals surface area (Å²) in [6, 6.07) is 2.14.